The highest BCUT2D eigenvalue weighted by Crippen LogP contribution is 2.31. The van der Waals surface area contributed by atoms with Crippen molar-refractivity contribution in [2.24, 2.45) is 0 Å². The smallest absolute Gasteiger partial charge is 0.338 e. The van der Waals surface area contributed by atoms with Crippen LogP contribution in [-0.4, -0.2) is 23.5 Å². The van der Waals surface area contributed by atoms with Gasteiger partial charge < -0.3 is 10.1 Å². The maximum atomic E-state index is 12.5. The second-order valence-corrected chi connectivity index (χ2v) is 8.94. The topological polar surface area (TPSA) is 68.3 Å². The first-order chi connectivity index (χ1) is 15.1. The molecule has 0 bridgehead atoms. The van der Waals surface area contributed by atoms with Gasteiger partial charge in [0.25, 0.3) is 5.91 Å². The number of anilines is 1. The minimum Gasteiger partial charge on any atom is -0.462 e. The first-order valence-electron chi connectivity index (χ1n) is 9.78. The van der Waals surface area contributed by atoms with Gasteiger partial charge in [-0.1, -0.05) is 36.0 Å². The van der Waals surface area contributed by atoms with Crippen LogP contribution in [0, 0.1) is 0 Å². The van der Waals surface area contributed by atoms with Crippen molar-refractivity contribution in [1.82, 2.24) is 4.98 Å². The number of ether oxygens (including phenoxy) is 1. The minimum atomic E-state index is -0.375. The number of para-hydroxylation sites is 1. The number of esters is 1. The van der Waals surface area contributed by atoms with Gasteiger partial charge in [0.1, 0.15) is 0 Å². The Morgan fingerprint density at radius 2 is 1.68 bits per heavy atom. The molecule has 156 valence electrons. The monoisotopic (exact) mass is 448 g/mol. The third-order valence-corrected chi connectivity index (χ3v) is 6.76. The Morgan fingerprint density at radius 1 is 0.968 bits per heavy atom. The Hall–Kier alpha value is -3.16. The minimum absolute atomic E-state index is 0.200. The zero-order valence-electron chi connectivity index (χ0n) is 16.8. The molecule has 0 unspecified atom stereocenters. The molecule has 3 aromatic carbocycles. The molecule has 0 aliphatic rings. The van der Waals surface area contributed by atoms with Crippen LogP contribution >= 0.6 is 23.1 Å². The second kappa shape index (κ2) is 9.76. The number of aromatic nitrogens is 1. The number of rotatable bonds is 7. The quantitative estimate of drug-likeness (QED) is 0.277. The van der Waals surface area contributed by atoms with Crippen molar-refractivity contribution in [1.29, 1.82) is 0 Å². The van der Waals surface area contributed by atoms with Gasteiger partial charge in [0.05, 0.1) is 22.4 Å². The predicted octanol–water partition coefficient (Wildman–Crippen LogP) is 6.02. The van der Waals surface area contributed by atoms with E-state index in [1.807, 2.05) is 42.5 Å². The Bertz CT molecular complexity index is 1170. The Labute approximate surface area is 188 Å². The van der Waals surface area contributed by atoms with E-state index in [2.05, 4.69) is 16.4 Å². The van der Waals surface area contributed by atoms with Crippen LogP contribution in [0.3, 0.4) is 0 Å². The fourth-order valence-corrected chi connectivity index (χ4v) is 4.94. The fourth-order valence-electron chi connectivity index (χ4n) is 2.92. The lowest BCUT2D eigenvalue weighted by Crippen LogP contribution is -2.12. The molecule has 4 aromatic rings. The second-order valence-electron chi connectivity index (χ2n) is 6.69. The summed E-state index contributed by atoms with van der Waals surface area (Å²) < 4.78 is 7.19. The molecule has 1 heterocycles. The highest BCUT2D eigenvalue weighted by Gasteiger charge is 2.09. The van der Waals surface area contributed by atoms with Crippen molar-refractivity contribution >= 4 is 50.9 Å². The van der Waals surface area contributed by atoms with E-state index in [-0.39, 0.29) is 11.9 Å². The molecule has 5 nitrogen and oxygen atoms in total. The van der Waals surface area contributed by atoms with E-state index in [1.165, 1.54) is 4.70 Å². The standard InChI is InChI=1S/C24H20N2O3S2/c1-2-29-23(28)18-11-13-19(14-12-18)25-22(27)17-9-7-16(8-10-17)15-30-24-26-20-5-3-4-6-21(20)31-24/h3-14H,2,15H2,1H3,(H,25,27). The van der Waals surface area contributed by atoms with Crippen molar-refractivity contribution in [2.75, 3.05) is 11.9 Å². The molecule has 31 heavy (non-hydrogen) atoms. The molecular weight excluding hydrogens is 428 g/mol. The number of benzene rings is 3. The summed E-state index contributed by atoms with van der Waals surface area (Å²) in [6, 6.07) is 22.3. The number of hydrogen-bond acceptors (Lipinski definition) is 6. The lowest BCUT2D eigenvalue weighted by molar-refractivity contribution is 0.0526. The largest absolute Gasteiger partial charge is 0.462 e. The lowest BCUT2D eigenvalue weighted by Gasteiger charge is -2.07. The SMILES string of the molecule is CCOC(=O)c1ccc(NC(=O)c2ccc(CSc3nc4ccccc4s3)cc2)cc1. The summed E-state index contributed by atoms with van der Waals surface area (Å²) in [5.41, 5.74) is 3.79. The third-order valence-electron chi connectivity index (χ3n) is 4.51. The predicted molar refractivity (Wildman–Crippen MR) is 126 cm³/mol. The molecule has 0 spiro atoms. The van der Waals surface area contributed by atoms with Crippen LogP contribution in [0.4, 0.5) is 5.69 Å². The number of thioether (sulfide) groups is 1. The molecule has 7 heteroatoms. The fraction of sp³-hybridized carbons (Fsp3) is 0.125. The molecule has 4 rings (SSSR count). The molecule has 0 aliphatic carbocycles. The van der Waals surface area contributed by atoms with Crippen LogP contribution in [0.1, 0.15) is 33.2 Å². The summed E-state index contributed by atoms with van der Waals surface area (Å²) in [5, 5.41) is 2.84. The van der Waals surface area contributed by atoms with Crippen LogP contribution in [0.2, 0.25) is 0 Å². The maximum Gasteiger partial charge on any atom is 0.338 e. The number of nitrogens with zero attached hydrogens (tertiary/aromatic N) is 1. The summed E-state index contributed by atoms with van der Waals surface area (Å²) in [6.07, 6.45) is 0. The Kier molecular flexibility index (Phi) is 6.64. The van der Waals surface area contributed by atoms with Gasteiger partial charge in [-0.2, -0.15) is 0 Å². The van der Waals surface area contributed by atoms with Crippen molar-refractivity contribution in [3.05, 3.63) is 89.5 Å². The molecule has 1 N–H and O–H groups in total. The zero-order valence-corrected chi connectivity index (χ0v) is 18.5. The number of fused-ring (bicyclic) bond motifs is 1. The highest BCUT2D eigenvalue weighted by atomic mass is 32.2. The first kappa shape index (κ1) is 21.1. The average molecular weight is 449 g/mol. The van der Waals surface area contributed by atoms with Crippen LogP contribution in [0.25, 0.3) is 10.2 Å². The molecule has 1 aromatic heterocycles. The molecular formula is C24H20N2O3S2. The van der Waals surface area contributed by atoms with Gasteiger partial charge in [-0.05, 0) is 61.0 Å². The summed E-state index contributed by atoms with van der Waals surface area (Å²) in [4.78, 5) is 28.9. The van der Waals surface area contributed by atoms with Crippen molar-refractivity contribution in [3.63, 3.8) is 0 Å². The number of nitrogens with one attached hydrogen (secondary N) is 1. The van der Waals surface area contributed by atoms with Gasteiger partial charge in [0, 0.05) is 17.0 Å². The van der Waals surface area contributed by atoms with Gasteiger partial charge >= 0.3 is 5.97 Å². The summed E-state index contributed by atoms with van der Waals surface area (Å²) in [7, 11) is 0. The van der Waals surface area contributed by atoms with Crippen LogP contribution in [-0.2, 0) is 10.5 Å². The Balaban J connectivity index is 1.34. The number of amides is 1. The van der Waals surface area contributed by atoms with E-state index in [0.29, 0.717) is 23.4 Å². The van der Waals surface area contributed by atoms with E-state index in [4.69, 9.17) is 4.74 Å². The van der Waals surface area contributed by atoms with Crippen molar-refractivity contribution < 1.29 is 14.3 Å². The summed E-state index contributed by atoms with van der Waals surface area (Å²) in [5.74, 6) is 0.214. The van der Waals surface area contributed by atoms with Gasteiger partial charge in [0.15, 0.2) is 4.34 Å². The van der Waals surface area contributed by atoms with Crippen LogP contribution < -0.4 is 5.32 Å². The van der Waals surface area contributed by atoms with E-state index >= 15 is 0 Å². The van der Waals surface area contributed by atoms with E-state index in [9.17, 15) is 9.59 Å². The Morgan fingerprint density at radius 3 is 2.39 bits per heavy atom. The highest BCUT2D eigenvalue weighted by molar-refractivity contribution is 8.00. The van der Waals surface area contributed by atoms with E-state index in [0.717, 1.165) is 21.2 Å². The molecule has 0 fully saturated rings. The average Bonchev–Trinajstić information content (AvgIpc) is 3.22. The molecule has 0 aliphatic heterocycles. The number of carbonyl (C=O) groups excluding carboxylic acids is 2. The lowest BCUT2D eigenvalue weighted by atomic mass is 10.1. The zero-order chi connectivity index (χ0) is 21.6. The number of carbonyl (C=O) groups is 2. The van der Waals surface area contributed by atoms with Crippen molar-refractivity contribution in [3.8, 4) is 0 Å². The van der Waals surface area contributed by atoms with Crippen LogP contribution in [0.5, 0.6) is 0 Å². The molecule has 0 saturated heterocycles. The van der Waals surface area contributed by atoms with Gasteiger partial charge in [-0.15, -0.1) is 11.3 Å². The summed E-state index contributed by atoms with van der Waals surface area (Å²) in [6.45, 7) is 2.09. The van der Waals surface area contributed by atoms with E-state index in [1.54, 1.807) is 54.3 Å². The van der Waals surface area contributed by atoms with Crippen molar-refractivity contribution in [2.45, 2.75) is 17.0 Å². The maximum absolute atomic E-state index is 12.5. The third kappa shape index (κ3) is 5.31. The van der Waals surface area contributed by atoms with Gasteiger partial charge in [0.2, 0.25) is 0 Å². The number of hydrogen-bond donors (Lipinski definition) is 1. The summed E-state index contributed by atoms with van der Waals surface area (Å²) >= 11 is 3.38. The normalized spacial score (nSPS) is 10.7. The van der Waals surface area contributed by atoms with Gasteiger partial charge in [-0.3, -0.25) is 4.79 Å². The van der Waals surface area contributed by atoms with Gasteiger partial charge in [-0.25, -0.2) is 9.78 Å². The molecule has 1 amide bonds. The molecule has 0 saturated carbocycles. The van der Waals surface area contributed by atoms with Crippen LogP contribution in [0.15, 0.2) is 77.1 Å². The molecule has 0 radical (unpaired) electrons. The molecule has 0 atom stereocenters. The number of thiazole rings is 1. The first-order valence-corrected chi connectivity index (χ1v) is 11.6. The van der Waals surface area contributed by atoms with E-state index < -0.39 is 0 Å².